The number of carbonyl (C=O) groups excluding carboxylic acids is 2. The molecule has 0 saturated heterocycles. The fourth-order valence-corrected chi connectivity index (χ4v) is 2.04. The van der Waals surface area contributed by atoms with Crippen molar-refractivity contribution in [2.24, 2.45) is 0 Å². The van der Waals surface area contributed by atoms with Crippen LogP contribution in [0, 0.1) is 0 Å². The van der Waals surface area contributed by atoms with E-state index < -0.39 is 12.1 Å². The number of carbonyl (C=O) groups is 2. The number of alkyl carbamates (subject to hydrolysis) is 1. The van der Waals surface area contributed by atoms with Crippen molar-refractivity contribution in [3.8, 4) is 0 Å². The predicted octanol–water partition coefficient (Wildman–Crippen LogP) is 2.51. The van der Waals surface area contributed by atoms with Gasteiger partial charge in [-0.25, -0.2) is 4.79 Å². The molecular weight excluding hydrogens is 254 g/mol. The lowest BCUT2D eigenvalue weighted by Crippen LogP contribution is -2.29. The monoisotopic (exact) mass is 265 g/mol. The molecule has 18 heavy (non-hydrogen) atoms. The molecule has 1 unspecified atom stereocenters. The van der Waals surface area contributed by atoms with Crippen LogP contribution < -0.4 is 5.32 Å². The lowest BCUT2D eigenvalue weighted by molar-refractivity contribution is -0.109. The Morgan fingerprint density at radius 3 is 3.06 bits per heavy atom. The van der Waals surface area contributed by atoms with Crippen molar-refractivity contribution >= 4 is 23.7 Å². The summed E-state index contributed by atoms with van der Waals surface area (Å²) in [4.78, 5) is 22.4. The molecule has 0 aliphatic heterocycles. The number of rotatable bonds is 5. The molecule has 0 radical (unpaired) electrons. The summed E-state index contributed by atoms with van der Waals surface area (Å²) >= 11 is 1.46. The minimum Gasteiger partial charge on any atom is -0.466 e. The molecule has 2 aromatic rings. The van der Waals surface area contributed by atoms with Crippen molar-refractivity contribution in [2.45, 2.75) is 12.6 Å². The van der Waals surface area contributed by atoms with Gasteiger partial charge in [0.15, 0.2) is 6.61 Å². The van der Waals surface area contributed by atoms with Gasteiger partial charge in [0.1, 0.15) is 18.1 Å². The van der Waals surface area contributed by atoms with Crippen LogP contribution in [-0.4, -0.2) is 12.4 Å². The van der Waals surface area contributed by atoms with E-state index in [0.717, 1.165) is 5.56 Å². The molecule has 0 spiro atoms. The highest BCUT2D eigenvalue weighted by molar-refractivity contribution is 7.08. The first-order chi connectivity index (χ1) is 8.79. The summed E-state index contributed by atoms with van der Waals surface area (Å²) in [5.41, 5.74) is 0.741. The highest BCUT2D eigenvalue weighted by atomic mass is 32.1. The summed E-state index contributed by atoms with van der Waals surface area (Å²) in [6.07, 6.45) is 1.50. The SMILES string of the molecule is O=CC(NC(=O)OCc1ccco1)c1ccsc1. The van der Waals surface area contributed by atoms with E-state index >= 15 is 0 Å². The van der Waals surface area contributed by atoms with Crippen LogP contribution in [0.3, 0.4) is 0 Å². The van der Waals surface area contributed by atoms with Crippen LogP contribution >= 0.6 is 11.3 Å². The maximum Gasteiger partial charge on any atom is 0.408 e. The number of hydrogen-bond donors (Lipinski definition) is 1. The molecule has 0 aromatic carbocycles. The Morgan fingerprint density at radius 2 is 2.44 bits per heavy atom. The second-order valence-electron chi connectivity index (χ2n) is 3.47. The summed E-state index contributed by atoms with van der Waals surface area (Å²) in [6.45, 7) is 0.0358. The normalized spacial score (nSPS) is 11.8. The van der Waals surface area contributed by atoms with Gasteiger partial charge in [-0.05, 0) is 34.5 Å². The minimum absolute atomic E-state index is 0.0358. The van der Waals surface area contributed by atoms with E-state index in [4.69, 9.17) is 9.15 Å². The average molecular weight is 265 g/mol. The first-order valence-corrected chi connectivity index (χ1v) is 6.17. The zero-order valence-electron chi connectivity index (χ0n) is 9.37. The first-order valence-electron chi connectivity index (χ1n) is 5.22. The highest BCUT2D eigenvalue weighted by Gasteiger charge is 2.15. The van der Waals surface area contributed by atoms with E-state index in [2.05, 4.69) is 5.32 Å². The van der Waals surface area contributed by atoms with Gasteiger partial charge < -0.3 is 19.3 Å². The number of aldehydes is 1. The highest BCUT2D eigenvalue weighted by Crippen LogP contribution is 2.14. The molecular formula is C12H11NO4S. The Hall–Kier alpha value is -2.08. The number of hydrogen-bond acceptors (Lipinski definition) is 5. The molecule has 1 N–H and O–H groups in total. The van der Waals surface area contributed by atoms with Crippen molar-refractivity contribution in [1.82, 2.24) is 5.32 Å². The Morgan fingerprint density at radius 1 is 1.56 bits per heavy atom. The van der Waals surface area contributed by atoms with Gasteiger partial charge in [-0.3, -0.25) is 0 Å². The van der Waals surface area contributed by atoms with Crippen LogP contribution in [0.2, 0.25) is 0 Å². The quantitative estimate of drug-likeness (QED) is 0.843. The largest absolute Gasteiger partial charge is 0.466 e. The van der Waals surface area contributed by atoms with Gasteiger partial charge in [0.25, 0.3) is 0 Å². The number of amides is 1. The Kier molecular flexibility index (Phi) is 4.14. The van der Waals surface area contributed by atoms with Crippen LogP contribution in [0.4, 0.5) is 4.79 Å². The zero-order chi connectivity index (χ0) is 12.8. The van der Waals surface area contributed by atoms with Crippen LogP contribution in [0.15, 0.2) is 39.6 Å². The maximum atomic E-state index is 11.5. The van der Waals surface area contributed by atoms with Gasteiger partial charge in [-0.15, -0.1) is 0 Å². The topological polar surface area (TPSA) is 68.5 Å². The third kappa shape index (κ3) is 3.21. The molecule has 2 heterocycles. The van der Waals surface area contributed by atoms with Gasteiger partial charge in [-0.1, -0.05) is 0 Å². The Labute approximate surface area is 107 Å². The fraction of sp³-hybridized carbons (Fsp3) is 0.167. The summed E-state index contributed by atoms with van der Waals surface area (Å²) in [7, 11) is 0. The van der Waals surface area contributed by atoms with Crippen molar-refractivity contribution in [1.29, 1.82) is 0 Å². The summed E-state index contributed by atoms with van der Waals surface area (Å²) in [6, 6.07) is 4.50. The van der Waals surface area contributed by atoms with Crippen LogP contribution in [0.1, 0.15) is 17.4 Å². The molecule has 0 bridgehead atoms. The third-order valence-corrected chi connectivity index (χ3v) is 2.94. The molecule has 0 fully saturated rings. The van der Waals surface area contributed by atoms with E-state index in [-0.39, 0.29) is 6.61 Å². The molecule has 1 atom stereocenters. The van der Waals surface area contributed by atoms with E-state index in [9.17, 15) is 9.59 Å². The lowest BCUT2D eigenvalue weighted by Gasteiger charge is -2.11. The molecule has 2 aromatic heterocycles. The third-order valence-electron chi connectivity index (χ3n) is 2.24. The van der Waals surface area contributed by atoms with Gasteiger partial charge in [0, 0.05) is 0 Å². The summed E-state index contributed by atoms with van der Waals surface area (Å²) < 4.78 is 9.93. The maximum absolute atomic E-state index is 11.5. The van der Waals surface area contributed by atoms with Crippen LogP contribution in [0.25, 0.3) is 0 Å². The van der Waals surface area contributed by atoms with Crippen molar-refractivity contribution in [3.05, 3.63) is 46.5 Å². The Bertz CT molecular complexity index is 492. The molecule has 5 nitrogen and oxygen atoms in total. The molecule has 0 saturated carbocycles. The second kappa shape index (κ2) is 6.02. The summed E-state index contributed by atoms with van der Waals surface area (Å²) in [5.74, 6) is 0.545. The smallest absolute Gasteiger partial charge is 0.408 e. The second-order valence-corrected chi connectivity index (χ2v) is 4.25. The molecule has 2 rings (SSSR count). The fourth-order valence-electron chi connectivity index (χ4n) is 1.35. The predicted molar refractivity (Wildman–Crippen MR) is 65.2 cm³/mol. The van der Waals surface area contributed by atoms with Gasteiger partial charge >= 0.3 is 6.09 Å². The standard InChI is InChI=1S/C12H11NO4S/c14-6-11(9-3-5-18-8-9)13-12(15)17-7-10-2-1-4-16-10/h1-6,8,11H,7H2,(H,13,15). The minimum atomic E-state index is -0.680. The van der Waals surface area contributed by atoms with Gasteiger partial charge in [0.05, 0.1) is 6.26 Å². The molecule has 1 amide bonds. The Balaban J connectivity index is 1.84. The van der Waals surface area contributed by atoms with Crippen LogP contribution in [0.5, 0.6) is 0 Å². The number of nitrogens with one attached hydrogen (secondary N) is 1. The van der Waals surface area contributed by atoms with Gasteiger partial charge in [0.2, 0.25) is 0 Å². The molecule has 0 aliphatic carbocycles. The van der Waals surface area contributed by atoms with E-state index in [1.54, 1.807) is 23.6 Å². The molecule has 0 aliphatic rings. The lowest BCUT2D eigenvalue weighted by atomic mass is 10.2. The van der Waals surface area contributed by atoms with Gasteiger partial charge in [-0.2, -0.15) is 11.3 Å². The average Bonchev–Trinajstić information content (AvgIpc) is 3.05. The van der Waals surface area contributed by atoms with Crippen molar-refractivity contribution in [3.63, 3.8) is 0 Å². The number of furan rings is 1. The molecule has 94 valence electrons. The molecule has 6 heteroatoms. The van der Waals surface area contributed by atoms with E-state index in [0.29, 0.717) is 12.0 Å². The van der Waals surface area contributed by atoms with Crippen LogP contribution in [-0.2, 0) is 16.1 Å². The number of thiophene rings is 1. The van der Waals surface area contributed by atoms with E-state index in [1.807, 2.05) is 5.38 Å². The first kappa shape index (κ1) is 12.4. The van der Waals surface area contributed by atoms with Crippen molar-refractivity contribution in [2.75, 3.05) is 0 Å². The van der Waals surface area contributed by atoms with Crippen molar-refractivity contribution < 1.29 is 18.7 Å². The number of ether oxygens (including phenoxy) is 1. The summed E-state index contributed by atoms with van der Waals surface area (Å²) in [5, 5.41) is 6.10. The zero-order valence-corrected chi connectivity index (χ0v) is 10.2. The van der Waals surface area contributed by atoms with E-state index in [1.165, 1.54) is 17.6 Å².